The van der Waals surface area contributed by atoms with Crippen molar-refractivity contribution < 1.29 is 14.3 Å². The summed E-state index contributed by atoms with van der Waals surface area (Å²) in [6.45, 7) is 6.86. The van der Waals surface area contributed by atoms with Crippen LogP contribution >= 0.6 is 0 Å². The van der Waals surface area contributed by atoms with Crippen molar-refractivity contribution >= 4 is 6.09 Å². The number of nitrogens with one attached hydrogen (secondary N) is 1. The predicted molar refractivity (Wildman–Crippen MR) is 76.5 cm³/mol. The van der Waals surface area contributed by atoms with E-state index in [1.807, 2.05) is 26.8 Å². The Morgan fingerprint density at radius 2 is 2.20 bits per heavy atom. The number of alkyl carbamates (subject to hydrolysis) is 1. The summed E-state index contributed by atoms with van der Waals surface area (Å²) in [4.78, 5) is 15.4. The zero-order chi connectivity index (χ0) is 15.0. The molecule has 20 heavy (non-hydrogen) atoms. The van der Waals surface area contributed by atoms with Crippen molar-refractivity contribution in [3.05, 3.63) is 24.0 Å². The summed E-state index contributed by atoms with van der Waals surface area (Å²) < 4.78 is 10.7. The van der Waals surface area contributed by atoms with Gasteiger partial charge in [0.05, 0.1) is 12.8 Å². The molecule has 0 aliphatic heterocycles. The smallest absolute Gasteiger partial charge is 0.407 e. The van der Waals surface area contributed by atoms with Crippen LogP contribution in [0.2, 0.25) is 0 Å². The van der Waals surface area contributed by atoms with Crippen molar-refractivity contribution in [2.75, 3.05) is 13.2 Å². The highest BCUT2D eigenvalue weighted by atomic mass is 16.6. The highest BCUT2D eigenvalue weighted by Gasteiger charge is 2.15. The first kappa shape index (κ1) is 16.2. The number of hydrogen-bond acceptors (Lipinski definition) is 5. The highest BCUT2D eigenvalue weighted by Crippen LogP contribution is 2.15. The molecule has 0 bridgehead atoms. The van der Waals surface area contributed by atoms with Crippen LogP contribution in [0, 0.1) is 0 Å². The van der Waals surface area contributed by atoms with Gasteiger partial charge in [-0.15, -0.1) is 0 Å². The van der Waals surface area contributed by atoms with E-state index in [0.717, 1.165) is 5.56 Å². The third-order valence-corrected chi connectivity index (χ3v) is 2.34. The molecule has 0 unspecified atom stereocenters. The van der Waals surface area contributed by atoms with Gasteiger partial charge in [-0.1, -0.05) is 0 Å². The summed E-state index contributed by atoms with van der Waals surface area (Å²) in [7, 11) is 0. The molecule has 0 atom stereocenters. The van der Waals surface area contributed by atoms with Gasteiger partial charge in [-0.3, -0.25) is 4.98 Å². The molecule has 0 aromatic carbocycles. The van der Waals surface area contributed by atoms with Gasteiger partial charge in [0.25, 0.3) is 0 Å². The number of nitrogens with zero attached hydrogens (tertiary/aromatic N) is 1. The van der Waals surface area contributed by atoms with Crippen LogP contribution in [0.5, 0.6) is 5.75 Å². The number of amides is 1. The number of pyridine rings is 1. The lowest BCUT2D eigenvalue weighted by molar-refractivity contribution is 0.0525. The Kier molecular flexibility index (Phi) is 6.24. The fourth-order valence-corrected chi connectivity index (χ4v) is 1.47. The summed E-state index contributed by atoms with van der Waals surface area (Å²) in [5.41, 5.74) is 6.04. The molecule has 3 N–H and O–H groups in total. The second-order valence-electron chi connectivity index (χ2n) is 5.32. The first-order valence-electron chi connectivity index (χ1n) is 6.65. The van der Waals surface area contributed by atoms with Gasteiger partial charge in [0.1, 0.15) is 11.4 Å². The summed E-state index contributed by atoms with van der Waals surface area (Å²) >= 11 is 0. The molecule has 1 aromatic rings. The Labute approximate surface area is 119 Å². The maximum atomic E-state index is 11.4. The Hall–Kier alpha value is -1.82. The van der Waals surface area contributed by atoms with Crippen molar-refractivity contribution in [2.45, 2.75) is 39.3 Å². The van der Waals surface area contributed by atoms with Gasteiger partial charge in [0, 0.05) is 24.8 Å². The molecular weight excluding hydrogens is 258 g/mol. The molecule has 1 amide bonds. The van der Waals surface area contributed by atoms with Crippen LogP contribution in [0.1, 0.15) is 32.8 Å². The van der Waals surface area contributed by atoms with Crippen molar-refractivity contribution in [2.24, 2.45) is 5.73 Å². The lowest BCUT2D eigenvalue weighted by Gasteiger charge is -2.19. The highest BCUT2D eigenvalue weighted by molar-refractivity contribution is 5.67. The molecule has 0 saturated heterocycles. The zero-order valence-corrected chi connectivity index (χ0v) is 12.3. The first-order valence-corrected chi connectivity index (χ1v) is 6.65. The fraction of sp³-hybridized carbons (Fsp3) is 0.571. The quantitative estimate of drug-likeness (QED) is 0.777. The Morgan fingerprint density at radius 3 is 2.85 bits per heavy atom. The lowest BCUT2D eigenvalue weighted by atomic mass is 10.2. The number of carbonyl (C=O) groups is 1. The van der Waals surface area contributed by atoms with E-state index < -0.39 is 11.7 Å². The van der Waals surface area contributed by atoms with E-state index in [-0.39, 0.29) is 0 Å². The van der Waals surface area contributed by atoms with Crippen molar-refractivity contribution in [3.8, 4) is 5.75 Å². The largest absolute Gasteiger partial charge is 0.492 e. The van der Waals surface area contributed by atoms with Crippen LogP contribution in [-0.2, 0) is 11.3 Å². The monoisotopic (exact) mass is 281 g/mol. The number of aromatic nitrogens is 1. The van der Waals surface area contributed by atoms with Gasteiger partial charge in [-0.05, 0) is 33.3 Å². The van der Waals surface area contributed by atoms with E-state index >= 15 is 0 Å². The molecule has 112 valence electrons. The fourth-order valence-electron chi connectivity index (χ4n) is 1.47. The van der Waals surface area contributed by atoms with Gasteiger partial charge in [0.2, 0.25) is 0 Å². The van der Waals surface area contributed by atoms with Crippen molar-refractivity contribution in [1.29, 1.82) is 0 Å². The van der Waals surface area contributed by atoms with E-state index in [1.165, 1.54) is 0 Å². The third kappa shape index (κ3) is 6.38. The van der Waals surface area contributed by atoms with Crippen LogP contribution in [0.15, 0.2) is 18.5 Å². The molecule has 6 heteroatoms. The second kappa shape index (κ2) is 7.69. The molecule has 6 nitrogen and oxygen atoms in total. The molecule has 1 rings (SSSR count). The molecule has 1 heterocycles. The van der Waals surface area contributed by atoms with Crippen LogP contribution in [0.4, 0.5) is 4.79 Å². The molecule has 0 aliphatic rings. The maximum absolute atomic E-state index is 11.4. The Bertz CT molecular complexity index is 430. The average molecular weight is 281 g/mol. The minimum atomic E-state index is -0.480. The maximum Gasteiger partial charge on any atom is 0.407 e. The summed E-state index contributed by atoms with van der Waals surface area (Å²) in [6.07, 6.45) is 3.59. The van der Waals surface area contributed by atoms with Crippen LogP contribution in [0.3, 0.4) is 0 Å². The van der Waals surface area contributed by atoms with E-state index in [9.17, 15) is 4.79 Å². The second-order valence-corrected chi connectivity index (χ2v) is 5.32. The zero-order valence-electron chi connectivity index (χ0n) is 12.3. The topological polar surface area (TPSA) is 86.5 Å². The van der Waals surface area contributed by atoms with Gasteiger partial charge in [0.15, 0.2) is 0 Å². The van der Waals surface area contributed by atoms with Crippen molar-refractivity contribution in [1.82, 2.24) is 10.3 Å². The molecular formula is C14H23N3O3. The van der Waals surface area contributed by atoms with E-state index in [2.05, 4.69) is 10.3 Å². The Balaban J connectivity index is 2.21. The lowest BCUT2D eigenvalue weighted by Crippen LogP contribution is -2.33. The number of nitrogens with two attached hydrogens (primary N) is 1. The number of ether oxygens (including phenoxy) is 2. The van der Waals surface area contributed by atoms with Gasteiger partial charge in [-0.2, -0.15) is 0 Å². The van der Waals surface area contributed by atoms with Crippen molar-refractivity contribution in [3.63, 3.8) is 0 Å². The first-order chi connectivity index (χ1) is 9.42. The van der Waals surface area contributed by atoms with Crippen LogP contribution in [-0.4, -0.2) is 29.8 Å². The molecule has 1 aromatic heterocycles. The SMILES string of the molecule is CC(C)(C)OC(=O)NCCCOc1cnccc1CN. The predicted octanol–water partition coefficient (Wildman–Crippen LogP) is 1.83. The minimum Gasteiger partial charge on any atom is -0.492 e. The summed E-state index contributed by atoms with van der Waals surface area (Å²) in [5.74, 6) is 0.687. The minimum absolute atomic E-state index is 0.411. The number of rotatable bonds is 6. The standard InChI is InChI=1S/C14H23N3O3/c1-14(2,3)20-13(18)17-6-4-8-19-12-10-16-7-5-11(12)9-15/h5,7,10H,4,6,8-9,15H2,1-3H3,(H,17,18). The van der Waals surface area contributed by atoms with E-state index in [1.54, 1.807) is 12.4 Å². The number of carbonyl (C=O) groups excluding carboxylic acids is 1. The Morgan fingerprint density at radius 1 is 1.45 bits per heavy atom. The molecule has 0 fully saturated rings. The molecule has 0 saturated carbocycles. The summed E-state index contributed by atoms with van der Waals surface area (Å²) in [6, 6.07) is 1.83. The van der Waals surface area contributed by atoms with E-state index in [0.29, 0.717) is 31.9 Å². The normalized spacial score (nSPS) is 11.0. The van der Waals surface area contributed by atoms with Crippen LogP contribution < -0.4 is 15.8 Å². The summed E-state index contributed by atoms with van der Waals surface area (Å²) in [5, 5.41) is 2.67. The average Bonchev–Trinajstić information content (AvgIpc) is 2.36. The molecule has 0 radical (unpaired) electrons. The van der Waals surface area contributed by atoms with E-state index in [4.69, 9.17) is 15.2 Å². The van der Waals surface area contributed by atoms with Gasteiger partial charge >= 0.3 is 6.09 Å². The number of hydrogen-bond donors (Lipinski definition) is 2. The van der Waals surface area contributed by atoms with Gasteiger partial charge in [-0.25, -0.2) is 4.79 Å². The molecule has 0 aliphatic carbocycles. The molecule has 0 spiro atoms. The van der Waals surface area contributed by atoms with Crippen LogP contribution in [0.25, 0.3) is 0 Å². The van der Waals surface area contributed by atoms with Gasteiger partial charge < -0.3 is 20.5 Å². The third-order valence-electron chi connectivity index (χ3n) is 2.34.